The Morgan fingerprint density at radius 3 is 2.80 bits per heavy atom. The van der Waals surface area contributed by atoms with Gasteiger partial charge in [-0.1, -0.05) is 22.9 Å². The fourth-order valence-electron chi connectivity index (χ4n) is 1.50. The average molecular weight is 339 g/mol. The smallest absolute Gasteiger partial charge is 0.331 e. The lowest BCUT2D eigenvalue weighted by Gasteiger charge is -2.21. The molecule has 0 atom stereocenters. The fraction of sp³-hybridized carbons (Fsp3) is 0.231. The maximum Gasteiger partial charge on any atom is 0.351 e. The number of aromatic nitrogens is 2. The van der Waals surface area contributed by atoms with Gasteiger partial charge in [0.25, 0.3) is 0 Å². The van der Waals surface area contributed by atoms with E-state index in [1.54, 1.807) is 12.1 Å². The molecule has 0 unspecified atom stereocenters. The molecule has 6 nitrogen and oxygen atoms in total. The van der Waals surface area contributed by atoms with Crippen molar-refractivity contribution in [2.75, 3.05) is 17.0 Å². The maximum atomic E-state index is 12.2. The van der Waals surface area contributed by atoms with Gasteiger partial charge in [0.05, 0.1) is 24.8 Å². The molecule has 7 heteroatoms. The quantitative estimate of drug-likeness (QED) is 0.819. The van der Waals surface area contributed by atoms with Crippen molar-refractivity contribution in [2.24, 2.45) is 0 Å². The lowest BCUT2D eigenvalue weighted by atomic mass is 10.3. The van der Waals surface area contributed by atoms with Gasteiger partial charge in [-0.05, 0) is 30.7 Å². The molecule has 1 aromatic carbocycles. The number of hydrogen-bond donors (Lipinski definition) is 2. The SMILES string of the molecule is CCCON(C(=O)Nc1cnc[nH]1)c1ccc(Br)cc1. The highest BCUT2D eigenvalue weighted by molar-refractivity contribution is 9.10. The van der Waals surface area contributed by atoms with E-state index in [4.69, 9.17) is 4.84 Å². The third-order valence-electron chi connectivity index (χ3n) is 2.41. The topological polar surface area (TPSA) is 70.2 Å². The minimum atomic E-state index is -0.384. The van der Waals surface area contributed by atoms with Gasteiger partial charge in [0, 0.05) is 4.47 Å². The van der Waals surface area contributed by atoms with Gasteiger partial charge in [-0.3, -0.25) is 10.2 Å². The molecule has 20 heavy (non-hydrogen) atoms. The van der Waals surface area contributed by atoms with Gasteiger partial charge in [-0.25, -0.2) is 9.78 Å². The van der Waals surface area contributed by atoms with E-state index in [1.807, 2.05) is 19.1 Å². The van der Waals surface area contributed by atoms with Crippen molar-refractivity contribution in [3.05, 3.63) is 41.3 Å². The molecule has 2 amide bonds. The first-order valence-electron chi connectivity index (χ1n) is 6.18. The maximum absolute atomic E-state index is 12.2. The summed E-state index contributed by atoms with van der Waals surface area (Å²) in [6.07, 6.45) is 3.83. The summed E-state index contributed by atoms with van der Waals surface area (Å²) in [5, 5.41) is 3.91. The molecule has 0 fully saturated rings. The van der Waals surface area contributed by atoms with Gasteiger partial charge < -0.3 is 4.98 Å². The normalized spacial score (nSPS) is 10.3. The Bertz CT molecular complexity index is 542. The van der Waals surface area contributed by atoms with Crippen molar-refractivity contribution < 1.29 is 9.63 Å². The molecule has 0 radical (unpaired) electrons. The monoisotopic (exact) mass is 338 g/mol. The molecule has 0 aliphatic heterocycles. The number of anilines is 2. The van der Waals surface area contributed by atoms with Crippen LogP contribution in [0.1, 0.15) is 13.3 Å². The van der Waals surface area contributed by atoms with Gasteiger partial charge in [0.1, 0.15) is 5.82 Å². The summed E-state index contributed by atoms with van der Waals surface area (Å²) in [5.74, 6) is 0.511. The summed E-state index contributed by atoms with van der Waals surface area (Å²) in [6, 6.07) is 6.91. The number of urea groups is 1. The number of aromatic amines is 1. The zero-order chi connectivity index (χ0) is 14.4. The number of nitrogens with one attached hydrogen (secondary N) is 2. The van der Waals surface area contributed by atoms with Gasteiger partial charge in [0.15, 0.2) is 0 Å². The Morgan fingerprint density at radius 1 is 1.45 bits per heavy atom. The number of benzene rings is 1. The summed E-state index contributed by atoms with van der Waals surface area (Å²) in [4.78, 5) is 24.4. The van der Waals surface area contributed by atoms with Gasteiger partial charge in [-0.15, -0.1) is 0 Å². The van der Waals surface area contributed by atoms with E-state index in [2.05, 4.69) is 31.2 Å². The van der Waals surface area contributed by atoms with Crippen molar-refractivity contribution in [2.45, 2.75) is 13.3 Å². The number of hydrogen-bond acceptors (Lipinski definition) is 3. The molecule has 2 N–H and O–H groups in total. The predicted molar refractivity (Wildman–Crippen MR) is 80.5 cm³/mol. The van der Waals surface area contributed by atoms with Crippen LogP contribution in [-0.4, -0.2) is 22.6 Å². The number of hydroxylamine groups is 1. The molecule has 2 aromatic rings. The molecule has 1 heterocycles. The number of H-pyrrole nitrogens is 1. The highest BCUT2D eigenvalue weighted by Gasteiger charge is 2.17. The molecule has 0 saturated heterocycles. The minimum Gasteiger partial charge on any atom is -0.331 e. The van der Waals surface area contributed by atoms with Gasteiger partial charge >= 0.3 is 6.03 Å². The first-order valence-corrected chi connectivity index (χ1v) is 6.98. The van der Waals surface area contributed by atoms with Crippen LogP contribution in [0.15, 0.2) is 41.3 Å². The first kappa shape index (κ1) is 14.5. The summed E-state index contributed by atoms with van der Waals surface area (Å²) in [7, 11) is 0. The summed E-state index contributed by atoms with van der Waals surface area (Å²) >= 11 is 3.36. The van der Waals surface area contributed by atoms with Crippen LogP contribution in [0.4, 0.5) is 16.3 Å². The molecule has 1 aromatic heterocycles. The fourth-order valence-corrected chi connectivity index (χ4v) is 1.76. The number of imidazole rings is 1. The van der Waals surface area contributed by atoms with E-state index in [1.165, 1.54) is 17.6 Å². The second kappa shape index (κ2) is 7.06. The molecule has 106 valence electrons. The van der Waals surface area contributed by atoms with Crippen LogP contribution in [0.3, 0.4) is 0 Å². The average Bonchev–Trinajstić information content (AvgIpc) is 2.94. The zero-order valence-electron chi connectivity index (χ0n) is 11.0. The number of nitrogens with zero attached hydrogens (tertiary/aromatic N) is 2. The number of carbonyl (C=O) groups excluding carboxylic acids is 1. The number of rotatable bonds is 5. The summed E-state index contributed by atoms with van der Waals surface area (Å²) in [6.45, 7) is 2.43. The number of halogens is 1. The van der Waals surface area contributed by atoms with E-state index < -0.39 is 0 Å². The summed E-state index contributed by atoms with van der Waals surface area (Å²) in [5.41, 5.74) is 0.652. The predicted octanol–water partition coefficient (Wildman–Crippen LogP) is 3.55. The number of carbonyl (C=O) groups is 1. The van der Waals surface area contributed by atoms with Crippen molar-refractivity contribution in [1.29, 1.82) is 0 Å². The van der Waals surface area contributed by atoms with Crippen LogP contribution in [0, 0.1) is 0 Å². The lowest BCUT2D eigenvalue weighted by Crippen LogP contribution is -2.35. The Labute approximate surface area is 125 Å². The molecule has 0 aliphatic carbocycles. The van der Waals surface area contributed by atoms with Crippen LogP contribution in [-0.2, 0) is 4.84 Å². The third kappa shape index (κ3) is 3.82. The van der Waals surface area contributed by atoms with Crippen molar-refractivity contribution in [3.63, 3.8) is 0 Å². The Kier molecular flexibility index (Phi) is 5.14. The van der Waals surface area contributed by atoms with E-state index in [0.29, 0.717) is 18.1 Å². The largest absolute Gasteiger partial charge is 0.351 e. The summed E-state index contributed by atoms with van der Waals surface area (Å²) < 4.78 is 0.936. The highest BCUT2D eigenvalue weighted by Crippen LogP contribution is 2.19. The van der Waals surface area contributed by atoms with Gasteiger partial charge in [-0.2, -0.15) is 5.06 Å². The van der Waals surface area contributed by atoms with Crippen molar-refractivity contribution in [1.82, 2.24) is 9.97 Å². The standard InChI is InChI=1S/C13H15BrN4O2/c1-2-7-20-18(11-5-3-10(14)4-6-11)13(19)17-12-8-15-9-16-12/h3-6,8-9H,2,7H2,1H3,(H,15,16)(H,17,19). The molecular formula is C13H15BrN4O2. The van der Waals surface area contributed by atoms with E-state index in [9.17, 15) is 4.79 Å². The van der Waals surface area contributed by atoms with Crippen LogP contribution in [0.25, 0.3) is 0 Å². The second-order valence-corrected chi connectivity index (χ2v) is 4.92. The molecular weight excluding hydrogens is 324 g/mol. The van der Waals surface area contributed by atoms with Crippen LogP contribution in [0.2, 0.25) is 0 Å². The van der Waals surface area contributed by atoms with Gasteiger partial charge in [0.2, 0.25) is 0 Å². The van der Waals surface area contributed by atoms with E-state index in [-0.39, 0.29) is 6.03 Å². The van der Waals surface area contributed by atoms with Crippen molar-refractivity contribution >= 4 is 33.5 Å². The van der Waals surface area contributed by atoms with Crippen LogP contribution >= 0.6 is 15.9 Å². The minimum absolute atomic E-state index is 0.384. The van der Waals surface area contributed by atoms with Crippen LogP contribution in [0.5, 0.6) is 0 Å². The third-order valence-corrected chi connectivity index (χ3v) is 2.94. The molecule has 0 aliphatic rings. The van der Waals surface area contributed by atoms with E-state index in [0.717, 1.165) is 10.9 Å². The first-order chi connectivity index (χ1) is 9.70. The lowest BCUT2D eigenvalue weighted by molar-refractivity contribution is 0.122. The highest BCUT2D eigenvalue weighted by atomic mass is 79.9. The van der Waals surface area contributed by atoms with Crippen LogP contribution < -0.4 is 10.4 Å². The molecule has 0 saturated carbocycles. The zero-order valence-corrected chi connectivity index (χ0v) is 12.6. The Balaban J connectivity index is 2.13. The molecule has 2 rings (SSSR count). The molecule has 0 spiro atoms. The second-order valence-electron chi connectivity index (χ2n) is 4.00. The Morgan fingerprint density at radius 2 is 2.20 bits per heavy atom. The van der Waals surface area contributed by atoms with Crippen molar-refractivity contribution in [3.8, 4) is 0 Å². The Hall–Kier alpha value is -1.86. The van der Waals surface area contributed by atoms with E-state index >= 15 is 0 Å². The molecule has 0 bridgehead atoms. The number of amides is 2.